The van der Waals surface area contributed by atoms with Crippen molar-refractivity contribution in [2.45, 2.75) is 32.3 Å². The van der Waals surface area contributed by atoms with Gasteiger partial charge < -0.3 is 9.63 Å². The number of nitrogens with zero attached hydrogens (tertiary/aromatic N) is 2. The van der Waals surface area contributed by atoms with Crippen molar-refractivity contribution in [1.29, 1.82) is 0 Å². The largest absolute Gasteiger partial charge is 0.384 e. The molecule has 1 saturated heterocycles. The Bertz CT molecular complexity index is 466. The van der Waals surface area contributed by atoms with Crippen molar-refractivity contribution in [1.82, 2.24) is 10.1 Å². The summed E-state index contributed by atoms with van der Waals surface area (Å²) in [6.45, 7) is 1.56. The molecule has 0 amide bonds. The van der Waals surface area contributed by atoms with Gasteiger partial charge in [-0.1, -0.05) is 5.16 Å². The molecule has 1 aromatic heterocycles. The molecule has 1 aliphatic rings. The van der Waals surface area contributed by atoms with Crippen LogP contribution in [0.5, 0.6) is 0 Å². The Labute approximate surface area is 99.9 Å². The predicted octanol–water partition coefficient (Wildman–Crippen LogP) is 0.490. The summed E-state index contributed by atoms with van der Waals surface area (Å²) < 4.78 is 27.4. The molecule has 1 fully saturated rings. The second-order valence-corrected chi connectivity index (χ2v) is 6.83. The van der Waals surface area contributed by atoms with Crippen LogP contribution in [0, 0.1) is 5.92 Å². The van der Waals surface area contributed by atoms with E-state index < -0.39 is 15.9 Å². The van der Waals surface area contributed by atoms with E-state index in [1.807, 2.05) is 0 Å². The Morgan fingerprint density at radius 3 is 2.65 bits per heavy atom. The van der Waals surface area contributed by atoms with E-state index in [1.54, 1.807) is 6.92 Å². The predicted molar refractivity (Wildman–Crippen MR) is 60.0 cm³/mol. The van der Waals surface area contributed by atoms with Crippen LogP contribution in [0.1, 0.15) is 37.6 Å². The van der Waals surface area contributed by atoms with Gasteiger partial charge in [0.05, 0.1) is 11.5 Å². The maximum atomic E-state index is 11.3. The van der Waals surface area contributed by atoms with E-state index in [1.165, 1.54) is 0 Å². The monoisotopic (exact) mass is 260 g/mol. The number of sulfone groups is 1. The summed E-state index contributed by atoms with van der Waals surface area (Å²) in [6, 6.07) is 0. The number of hydrogen-bond donors (Lipinski definition) is 1. The molecular weight excluding hydrogens is 244 g/mol. The smallest absolute Gasteiger partial charge is 0.255 e. The Balaban J connectivity index is 1.93. The van der Waals surface area contributed by atoms with E-state index in [2.05, 4.69) is 10.1 Å². The lowest BCUT2D eigenvalue weighted by Gasteiger charge is -2.20. The van der Waals surface area contributed by atoms with Gasteiger partial charge in [-0.2, -0.15) is 4.98 Å². The normalized spacial score (nSPS) is 22.5. The van der Waals surface area contributed by atoms with Crippen LogP contribution in [0.4, 0.5) is 0 Å². The van der Waals surface area contributed by atoms with Crippen molar-refractivity contribution in [2.75, 3.05) is 11.5 Å². The molecule has 0 aliphatic carbocycles. The van der Waals surface area contributed by atoms with Crippen molar-refractivity contribution in [3.05, 3.63) is 11.7 Å². The minimum absolute atomic E-state index is 0.212. The highest BCUT2D eigenvalue weighted by molar-refractivity contribution is 7.91. The molecule has 0 aromatic carbocycles. The van der Waals surface area contributed by atoms with Gasteiger partial charge in [-0.3, -0.25) is 0 Å². The lowest BCUT2D eigenvalue weighted by Crippen LogP contribution is -2.24. The minimum Gasteiger partial charge on any atom is -0.384 e. The Morgan fingerprint density at radius 2 is 2.12 bits per heavy atom. The number of hydrogen-bond acceptors (Lipinski definition) is 6. The van der Waals surface area contributed by atoms with Crippen molar-refractivity contribution in [2.24, 2.45) is 5.92 Å². The summed E-state index contributed by atoms with van der Waals surface area (Å²) in [5.74, 6) is 1.55. The lowest BCUT2D eigenvalue weighted by atomic mass is 9.99. The first-order valence-electron chi connectivity index (χ1n) is 5.67. The van der Waals surface area contributed by atoms with Crippen LogP contribution >= 0.6 is 0 Å². The fourth-order valence-electron chi connectivity index (χ4n) is 1.92. The van der Waals surface area contributed by atoms with Gasteiger partial charge in [-0.05, 0) is 25.7 Å². The third kappa shape index (κ3) is 3.26. The minimum atomic E-state index is -2.82. The van der Waals surface area contributed by atoms with Gasteiger partial charge in [0.25, 0.3) is 5.89 Å². The molecule has 2 rings (SSSR count). The average molecular weight is 260 g/mol. The van der Waals surface area contributed by atoms with Gasteiger partial charge in [-0.25, -0.2) is 8.42 Å². The number of aliphatic hydroxyl groups is 1. The Kier molecular flexibility index (Phi) is 3.48. The summed E-state index contributed by atoms with van der Waals surface area (Å²) >= 11 is 0. The molecule has 0 bridgehead atoms. The zero-order chi connectivity index (χ0) is 12.5. The fraction of sp³-hybridized carbons (Fsp3) is 0.800. The third-order valence-electron chi connectivity index (χ3n) is 2.99. The number of rotatable bonds is 3. The van der Waals surface area contributed by atoms with Crippen LogP contribution in [0.15, 0.2) is 4.52 Å². The highest BCUT2D eigenvalue weighted by atomic mass is 32.2. The van der Waals surface area contributed by atoms with E-state index in [9.17, 15) is 13.5 Å². The molecule has 96 valence electrons. The van der Waals surface area contributed by atoms with Crippen LogP contribution < -0.4 is 0 Å². The van der Waals surface area contributed by atoms with Gasteiger partial charge in [0, 0.05) is 6.42 Å². The summed E-state index contributed by atoms with van der Waals surface area (Å²) in [6.07, 6.45) is 1.16. The first kappa shape index (κ1) is 12.5. The summed E-state index contributed by atoms with van der Waals surface area (Å²) in [4.78, 5) is 4.06. The van der Waals surface area contributed by atoms with E-state index in [0.29, 0.717) is 25.1 Å². The molecule has 1 aliphatic heterocycles. The lowest BCUT2D eigenvalue weighted by molar-refractivity contribution is 0.151. The second kappa shape index (κ2) is 4.73. The number of aromatic nitrogens is 2. The highest BCUT2D eigenvalue weighted by Crippen LogP contribution is 2.22. The summed E-state index contributed by atoms with van der Waals surface area (Å²) in [5, 5.41) is 13.0. The fourth-order valence-corrected chi connectivity index (χ4v) is 3.51. The SMILES string of the molecule is CC(O)c1nc(CC2CCS(=O)(=O)CC2)no1. The van der Waals surface area contributed by atoms with Gasteiger partial charge in [-0.15, -0.1) is 0 Å². The van der Waals surface area contributed by atoms with E-state index in [4.69, 9.17) is 4.52 Å². The van der Waals surface area contributed by atoms with Crippen LogP contribution in [-0.4, -0.2) is 35.2 Å². The third-order valence-corrected chi connectivity index (χ3v) is 4.70. The van der Waals surface area contributed by atoms with Crippen LogP contribution in [0.3, 0.4) is 0 Å². The molecule has 6 nitrogen and oxygen atoms in total. The topological polar surface area (TPSA) is 93.3 Å². The molecule has 0 saturated carbocycles. The molecule has 7 heteroatoms. The molecular formula is C10H16N2O4S. The number of aliphatic hydroxyl groups excluding tert-OH is 1. The van der Waals surface area contributed by atoms with Crippen molar-refractivity contribution >= 4 is 9.84 Å². The quantitative estimate of drug-likeness (QED) is 0.850. The molecule has 17 heavy (non-hydrogen) atoms. The second-order valence-electron chi connectivity index (χ2n) is 4.52. The maximum Gasteiger partial charge on any atom is 0.255 e. The summed E-state index contributed by atoms with van der Waals surface area (Å²) in [5.41, 5.74) is 0. The van der Waals surface area contributed by atoms with Gasteiger partial charge in [0.1, 0.15) is 15.9 Å². The van der Waals surface area contributed by atoms with E-state index >= 15 is 0 Å². The van der Waals surface area contributed by atoms with Crippen LogP contribution in [0.25, 0.3) is 0 Å². The Hall–Kier alpha value is -0.950. The van der Waals surface area contributed by atoms with Gasteiger partial charge in [0.15, 0.2) is 5.82 Å². The molecule has 0 spiro atoms. The van der Waals surface area contributed by atoms with Crippen LogP contribution in [0.2, 0.25) is 0 Å². The molecule has 1 atom stereocenters. The standard InChI is InChI=1S/C10H16N2O4S/c1-7(13)10-11-9(12-16-10)6-8-2-4-17(14,15)5-3-8/h7-8,13H,2-6H2,1H3. The summed E-state index contributed by atoms with van der Waals surface area (Å²) in [7, 11) is -2.82. The van der Waals surface area contributed by atoms with Crippen molar-refractivity contribution in [3.63, 3.8) is 0 Å². The van der Waals surface area contributed by atoms with Gasteiger partial charge >= 0.3 is 0 Å². The Morgan fingerprint density at radius 1 is 1.47 bits per heavy atom. The first-order chi connectivity index (χ1) is 7.96. The van der Waals surface area contributed by atoms with Crippen LogP contribution in [-0.2, 0) is 16.3 Å². The molecule has 2 heterocycles. The zero-order valence-corrected chi connectivity index (χ0v) is 10.5. The van der Waals surface area contributed by atoms with E-state index in [-0.39, 0.29) is 23.3 Å². The van der Waals surface area contributed by atoms with E-state index in [0.717, 1.165) is 0 Å². The molecule has 0 radical (unpaired) electrons. The highest BCUT2D eigenvalue weighted by Gasteiger charge is 2.25. The molecule has 1 aromatic rings. The molecule has 1 N–H and O–H groups in total. The van der Waals surface area contributed by atoms with Crippen molar-refractivity contribution < 1.29 is 18.0 Å². The van der Waals surface area contributed by atoms with Crippen molar-refractivity contribution in [3.8, 4) is 0 Å². The van der Waals surface area contributed by atoms with Gasteiger partial charge in [0.2, 0.25) is 0 Å². The first-order valence-corrected chi connectivity index (χ1v) is 7.49. The maximum absolute atomic E-state index is 11.3. The average Bonchev–Trinajstić information content (AvgIpc) is 2.70. The molecule has 1 unspecified atom stereocenters. The zero-order valence-electron chi connectivity index (χ0n) is 9.66.